The van der Waals surface area contributed by atoms with Crippen molar-refractivity contribution >= 4 is 16.6 Å². The molecule has 0 saturated heterocycles. The number of anilines is 1. The van der Waals surface area contributed by atoms with Gasteiger partial charge in [-0.25, -0.2) is 9.67 Å². The van der Waals surface area contributed by atoms with Gasteiger partial charge in [-0.05, 0) is 23.1 Å². The van der Waals surface area contributed by atoms with Crippen molar-refractivity contribution in [2.45, 2.75) is 6.17 Å². The number of nitrogen functional groups attached to an aromatic ring is 1. The van der Waals surface area contributed by atoms with Crippen LogP contribution in [0.4, 0.5) is 5.82 Å². The highest BCUT2D eigenvalue weighted by atomic mass is 16.5. The van der Waals surface area contributed by atoms with Crippen LogP contribution in [0.3, 0.4) is 0 Å². The van der Waals surface area contributed by atoms with Crippen molar-refractivity contribution < 1.29 is 5.21 Å². The Hall–Kier alpha value is -3.33. The lowest BCUT2D eigenvalue weighted by Gasteiger charge is -2.09. The van der Waals surface area contributed by atoms with Crippen LogP contribution in [-0.2, 0) is 0 Å². The summed E-state index contributed by atoms with van der Waals surface area (Å²) < 4.78 is 1.67. The van der Waals surface area contributed by atoms with E-state index in [9.17, 15) is 0 Å². The molecule has 2 aromatic heterocycles. The molecule has 1 unspecified atom stereocenters. The number of nitrogens with two attached hydrogens (primary N) is 2. The number of nitrogens with zero attached hydrogens (tertiary/aromatic N) is 4. The van der Waals surface area contributed by atoms with E-state index in [2.05, 4.69) is 15.3 Å². The number of fused-ring (bicyclic) bond motifs is 1. The van der Waals surface area contributed by atoms with Crippen molar-refractivity contribution in [3.63, 3.8) is 0 Å². The van der Waals surface area contributed by atoms with Crippen LogP contribution in [0.15, 0.2) is 60.9 Å². The standard InChI is InChI=1S/C18H17N7O/c19-17(23-26)11-5-7-12(8-6-11)25-10-16(22-24-25)15-9-21-18(20)14-4-2-1-3-13(14)15/h1-10,17,23,26H,19H2,(H2,20,21). The topological polar surface area (TPSA) is 128 Å². The maximum Gasteiger partial charge on any atom is 0.131 e. The van der Waals surface area contributed by atoms with Gasteiger partial charge in [0.05, 0.1) is 11.9 Å². The number of hydrogen-bond acceptors (Lipinski definition) is 7. The second-order valence-electron chi connectivity index (χ2n) is 5.85. The summed E-state index contributed by atoms with van der Waals surface area (Å²) in [6, 6.07) is 15.1. The van der Waals surface area contributed by atoms with Crippen molar-refractivity contribution in [2.75, 3.05) is 5.73 Å². The van der Waals surface area contributed by atoms with Crippen LogP contribution in [-0.4, -0.2) is 25.2 Å². The van der Waals surface area contributed by atoms with Gasteiger partial charge in [-0.3, -0.25) is 0 Å². The fourth-order valence-electron chi connectivity index (χ4n) is 2.84. The normalized spacial score (nSPS) is 12.4. The van der Waals surface area contributed by atoms with Crippen LogP contribution < -0.4 is 16.9 Å². The minimum atomic E-state index is -0.637. The van der Waals surface area contributed by atoms with Gasteiger partial charge in [0.15, 0.2) is 0 Å². The summed E-state index contributed by atoms with van der Waals surface area (Å²) in [6.45, 7) is 0. The molecule has 8 nitrogen and oxygen atoms in total. The van der Waals surface area contributed by atoms with E-state index in [0.717, 1.165) is 27.6 Å². The Morgan fingerprint density at radius 2 is 1.77 bits per heavy atom. The second-order valence-corrected chi connectivity index (χ2v) is 5.85. The lowest BCUT2D eigenvalue weighted by Crippen LogP contribution is -2.25. The summed E-state index contributed by atoms with van der Waals surface area (Å²) in [5.74, 6) is 0.487. The van der Waals surface area contributed by atoms with E-state index in [1.165, 1.54) is 0 Å². The molecule has 1 atom stereocenters. The Kier molecular flexibility index (Phi) is 4.05. The average molecular weight is 347 g/mol. The average Bonchev–Trinajstić information content (AvgIpc) is 3.18. The third-order valence-electron chi connectivity index (χ3n) is 4.25. The quantitative estimate of drug-likeness (QED) is 0.328. The van der Waals surface area contributed by atoms with Crippen molar-refractivity contribution in [3.8, 4) is 16.9 Å². The fourth-order valence-corrected chi connectivity index (χ4v) is 2.84. The largest absolute Gasteiger partial charge is 0.383 e. The molecule has 8 heteroatoms. The Morgan fingerprint density at radius 3 is 2.50 bits per heavy atom. The van der Waals surface area contributed by atoms with Crippen LogP contribution in [0.25, 0.3) is 27.7 Å². The molecule has 0 aliphatic heterocycles. The first-order chi connectivity index (χ1) is 12.7. The summed E-state index contributed by atoms with van der Waals surface area (Å²) in [4.78, 5) is 4.26. The molecule has 0 amide bonds. The SMILES string of the molecule is Nc1ncc(-c2cn(-c3ccc(C(N)NO)cc3)nn2)c2ccccc12. The van der Waals surface area contributed by atoms with E-state index in [-0.39, 0.29) is 0 Å². The van der Waals surface area contributed by atoms with E-state index in [4.69, 9.17) is 16.7 Å². The molecule has 4 rings (SSSR count). The zero-order valence-corrected chi connectivity index (χ0v) is 13.7. The molecule has 26 heavy (non-hydrogen) atoms. The molecule has 0 radical (unpaired) electrons. The van der Waals surface area contributed by atoms with E-state index >= 15 is 0 Å². The predicted octanol–water partition coefficient (Wildman–Crippen LogP) is 2.00. The lowest BCUT2D eigenvalue weighted by molar-refractivity contribution is 0.128. The van der Waals surface area contributed by atoms with Crippen LogP contribution >= 0.6 is 0 Å². The fraction of sp³-hybridized carbons (Fsp3) is 0.0556. The first-order valence-electron chi connectivity index (χ1n) is 7.99. The van der Waals surface area contributed by atoms with E-state index in [1.54, 1.807) is 10.9 Å². The second kappa shape index (κ2) is 6.52. The third kappa shape index (κ3) is 2.78. The number of nitrogens with one attached hydrogen (secondary N) is 1. The Labute approximate surface area is 149 Å². The number of hydroxylamine groups is 1. The van der Waals surface area contributed by atoms with Crippen LogP contribution in [0.5, 0.6) is 0 Å². The minimum Gasteiger partial charge on any atom is -0.383 e. The molecule has 0 bridgehead atoms. The first-order valence-corrected chi connectivity index (χ1v) is 7.99. The van der Waals surface area contributed by atoms with Gasteiger partial charge in [0.2, 0.25) is 0 Å². The monoisotopic (exact) mass is 347 g/mol. The van der Waals surface area contributed by atoms with Crippen molar-refractivity contribution in [2.24, 2.45) is 5.73 Å². The van der Waals surface area contributed by atoms with Crippen molar-refractivity contribution in [1.29, 1.82) is 0 Å². The van der Waals surface area contributed by atoms with Gasteiger partial charge in [-0.1, -0.05) is 41.6 Å². The first kappa shape index (κ1) is 16.2. The molecule has 130 valence electrons. The van der Waals surface area contributed by atoms with E-state index in [1.807, 2.05) is 60.2 Å². The zero-order chi connectivity index (χ0) is 18.1. The Bertz CT molecular complexity index is 1060. The highest BCUT2D eigenvalue weighted by Crippen LogP contribution is 2.29. The number of hydrogen-bond donors (Lipinski definition) is 4. The van der Waals surface area contributed by atoms with Crippen LogP contribution in [0.1, 0.15) is 11.7 Å². The Balaban J connectivity index is 1.72. The molecule has 6 N–H and O–H groups in total. The van der Waals surface area contributed by atoms with Crippen molar-refractivity contribution in [1.82, 2.24) is 25.5 Å². The van der Waals surface area contributed by atoms with Gasteiger partial charge in [0, 0.05) is 17.1 Å². The maximum absolute atomic E-state index is 8.89. The maximum atomic E-state index is 8.89. The van der Waals surface area contributed by atoms with Gasteiger partial charge in [0.25, 0.3) is 0 Å². The molecular formula is C18H17N7O. The summed E-state index contributed by atoms with van der Waals surface area (Å²) >= 11 is 0. The summed E-state index contributed by atoms with van der Waals surface area (Å²) in [5, 5.41) is 19.2. The predicted molar refractivity (Wildman–Crippen MR) is 98.4 cm³/mol. The summed E-state index contributed by atoms with van der Waals surface area (Å²) in [6.07, 6.45) is 2.91. The molecular weight excluding hydrogens is 330 g/mol. The molecule has 2 aromatic carbocycles. The minimum absolute atomic E-state index is 0.487. The smallest absolute Gasteiger partial charge is 0.131 e. The third-order valence-corrected chi connectivity index (χ3v) is 4.25. The number of aromatic nitrogens is 4. The number of benzene rings is 2. The van der Waals surface area contributed by atoms with Gasteiger partial charge in [-0.2, -0.15) is 5.48 Å². The van der Waals surface area contributed by atoms with Crippen LogP contribution in [0, 0.1) is 0 Å². The lowest BCUT2D eigenvalue weighted by atomic mass is 10.1. The molecule has 0 fully saturated rings. The molecule has 4 aromatic rings. The van der Waals surface area contributed by atoms with Gasteiger partial charge < -0.3 is 16.7 Å². The number of rotatable bonds is 4. The zero-order valence-electron chi connectivity index (χ0n) is 13.7. The van der Waals surface area contributed by atoms with Gasteiger partial charge in [-0.15, -0.1) is 5.10 Å². The van der Waals surface area contributed by atoms with Gasteiger partial charge >= 0.3 is 0 Å². The molecule has 0 aliphatic carbocycles. The highest BCUT2D eigenvalue weighted by Gasteiger charge is 2.12. The molecule has 2 heterocycles. The Morgan fingerprint density at radius 1 is 1.04 bits per heavy atom. The van der Waals surface area contributed by atoms with Crippen molar-refractivity contribution in [3.05, 3.63) is 66.5 Å². The van der Waals surface area contributed by atoms with E-state index in [0.29, 0.717) is 11.5 Å². The highest BCUT2D eigenvalue weighted by molar-refractivity contribution is 6.00. The van der Waals surface area contributed by atoms with Crippen LogP contribution in [0.2, 0.25) is 0 Å². The van der Waals surface area contributed by atoms with Gasteiger partial charge in [0.1, 0.15) is 17.7 Å². The summed E-state index contributed by atoms with van der Waals surface area (Å²) in [7, 11) is 0. The van der Waals surface area contributed by atoms with E-state index < -0.39 is 6.17 Å². The molecule has 0 aliphatic rings. The number of pyridine rings is 1. The molecule has 0 saturated carbocycles. The summed E-state index contributed by atoms with van der Waals surface area (Å²) in [5.41, 5.74) is 16.8. The molecule has 0 spiro atoms.